The zero-order valence-corrected chi connectivity index (χ0v) is 12.1. The zero-order valence-electron chi connectivity index (χ0n) is 12.1. The first-order valence-corrected chi connectivity index (χ1v) is 6.14. The number of amides is 1. The molecule has 0 saturated heterocycles. The summed E-state index contributed by atoms with van der Waals surface area (Å²) in [6, 6.07) is 3.37. The van der Waals surface area contributed by atoms with Crippen LogP contribution in [-0.4, -0.2) is 18.1 Å². The molecule has 0 atom stereocenters. The largest absolute Gasteiger partial charge is 0.496 e. The average molecular weight is 263 g/mol. The van der Waals surface area contributed by atoms with Gasteiger partial charge in [0.1, 0.15) is 5.75 Å². The van der Waals surface area contributed by atoms with E-state index in [1.807, 2.05) is 13.8 Å². The van der Waals surface area contributed by atoms with E-state index in [1.54, 1.807) is 19.1 Å². The Morgan fingerprint density at radius 2 is 2.05 bits per heavy atom. The van der Waals surface area contributed by atoms with Gasteiger partial charge in [-0.2, -0.15) is 0 Å². The third kappa shape index (κ3) is 5.02. The van der Waals surface area contributed by atoms with Crippen LogP contribution in [0.1, 0.15) is 38.8 Å². The molecule has 4 nitrogen and oxygen atoms in total. The van der Waals surface area contributed by atoms with Crippen molar-refractivity contribution in [1.82, 2.24) is 0 Å². The van der Waals surface area contributed by atoms with Crippen LogP contribution in [0, 0.1) is 11.8 Å². The molecule has 0 radical (unpaired) electrons. The Hall–Kier alpha value is -1.99. The third-order valence-corrected chi connectivity index (χ3v) is 2.16. The molecule has 0 bridgehead atoms. The van der Waals surface area contributed by atoms with Crippen LogP contribution in [0.25, 0.3) is 0 Å². The number of aliphatic hydroxyl groups excluding tert-OH is 1. The fourth-order valence-electron chi connectivity index (χ4n) is 1.47. The highest BCUT2D eigenvalue weighted by Crippen LogP contribution is 2.27. The molecule has 0 heterocycles. The Bertz CT molecular complexity index is 484. The lowest BCUT2D eigenvalue weighted by molar-refractivity contribution is -0.114. The number of carbonyl (C=O) groups excluding carboxylic acids is 1. The molecule has 19 heavy (non-hydrogen) atoms. The van der Waals surface area contributed by atoms with Gasteiger partial charge in [-0.25, -0.2) is 0 Å². The van der Waals surface area contributed by atoms with E-state index in [-0.39, 0.29) is 12.5 Å². The van der Waals surface area contributed by atoms with Gasteiger partial charge in [0.25, 0.3) is 0 Å². The van der Waals surface area contributed by atoms with Crippen LogP contribution in [0.3, 0.4) is 0 Å². The normalized spacial score (nSPS) is 8.53. The number of ether oxygens (including phenoxy) is 1. The van der Waals surface area contributed by atoms with Gasteiger partial charge in [-0.05, 0) is 13.0 Å². The SMILES string of the molecule is CC.CC#Cc1cc(CO)c(OC)cc1NC(C)=O. The highest BCUT2D eigenvalue weighted by Gasteiger charge is 2.09. The van der Waals surface area contributed by atoms with Crippen molar-refractivity contribution in [1.29, 1.82) is 0 Å². The number of aliphatic hydroxyl groups is 1. The van der Waals surface area contributed by atoms with Crippen molar-refractivity contribution in [2.45, 2.75) is 34.3 Å². The van der Waals surface area contributed by atoms with Gasteiger partial charge in [0, 0.05) is 24.1 Å². The molecule has 0 fully saturated rings. The number of anilines is 1. The Kier molecular flexibility index (Phi) is 8.07. The third-order valence-electron chi connectivity index (χ3n) is 2.16. The molecular weight excluding hydrogens is 242 g/mol. The highest BCUT2D eigenvalue weighted by molar-refractivity contribution is 5.90. The maximum atomic E-state index is 11.1. The van der Waals surface area contributed by atoms with Crippen molar-refractivity contribution < 1.29 is 14.6 Å². The number of hydrogen-bond donors (Lipinski definition) is 2. The first kappa shape index (κ1) is 17.0. The lowest BCUT2D eigenvalue weighted by Crippen LogP contribution is -2.08. The summed E-state index contributed by atoms with van der Waals surface area (Å²) in [6.45, 7) is 7.00. The molecule has 1 aromatic rings. The molecule has 104 valence electrons. The summed E-state index contributed by atoms with van der Waals surface area (Å²) in [5.41, 5.74) is 1.88. The summed E-state index contributed by atoms with van der Waals surface area (Å²) in [6.07, 6.45) is 0. The van der Waals surface area contributed by atoms with Gasteiger partial charge in [0.2, 0.25) is 5.91 Å². The molecule has 4 heteroatoms. The molecule has 1 amide bonds. The van der Waals surface area contributed by atoms with E-state index in [9.17, 15) is 9.90 Å². The first-order chi connectivity index (χ1) is 9.12. The summed E-state index contributed by atoms with van der Waals surface area (Å²) in [5, 5.41) is 11.9. The van der Waals surface area contributed by atoms with Crippen LogP contribution < -0.4 is 10.1 Å². The Morgan fingerprint density at radius 3 is 2.47 bits per heavy atom. The van der Waals surface area contributed by atoms with Crippen molar-refractivity contribution in [2.24, 2.45) is 0 Å². The molecule has 0 aliphatic carbocycles. The van der Waals surface area contributed by atoms with Gasteiger partial charge in [-0.1, -0.05) is 19.8 Å². The van der Waals surface area contributed by atoms with Crippen molar-refractivity contribution in [2.75, 3.05) is 12.4 Å². The molecule has 0 aromatic heterocycles. The molecule has 0 aliphatic rings. The van der Waals surface area contributed by atoms with Gasteiger partial charge in [0.05, 0.1) is 19.4 Å². The average Bonchev–Trinajstić information content (AvgIpc) is 2.42. The minimum Gasteiger partial charge on any atom is -0.496 e. The second-order valence-electron chi connectivity index (χ2n) is 3.42. The standard InChI is InChI=1S/C13H15NO3.C2H6/c1-4-5-10-6-11(8-15)13(17-3)7-12(10)14-9(2)16;1-2/h6-7,15H,8H2,1-3H3,(H,14,16);1-2H3. The van der Waals surface area contributed by atoms with Crippen molar-refractivity contribution in [3.63, 3.8) is 0 Å². The van der Waals surface area contributed by atoms with E-state index in [4.69, 9.17) is 4.74 Å². The fraction of sp³-hybridized carbons (Fsp3) is 0.400. The second-order valence-corrected chi connectivity index (χ2v) is 3.42. The Morgan fingerprint density at radius 1 is 1.42 bits per heavy atom. The quantitative estimate of drug-likeness (QED) is 0.824. The number of carbonyl (C=O) groups is 1. The molecule has 2 N–H and O–H groups in total. The summed E-state index contributed by atoms with van der Waals surface area (Å²) in [5.74, 6) is 5.99. The van der Waals surface area contributed by atoms with Crippen LogP contribution in [0.4, 0.5) is 5.69 Å². The van der Waals surface area contributed by atoms with Gasteiger partial charge in [-0.15, -0.1) is 5.92 Å². The molecule has 1 aromatic carbocycles. The predicted molar refractivity (Wildman–Crippen MR) is 77.1 cm³/mol. The van der Waals surface area contributed by atoms with Gasteiger partial charge in [0.15, 0.2) is 0 Å². The molecule has 0 unspecified atom stereocenters. The van der Waals surface area contributed by atoms with Gasteiger partial charge in [-0.3, -0.25) is 4.79 Å². The van der Waals surface area contributed by atoms with Gasteiger partial charge < -0.3 is 15.2 Å². The molecule has 1 rings (SSSR count). The van der Waals surface area contributed by atoms with E-state index in [2.05, 4.69) is 17.2 Å². The summed E-state index contributed by atoms with van der Waals surface area (Å²) in [7, 11) is 1.51. The predicted octanol–water partition coefficient (Wildman–Crippen LogP) is 2.54. The smallest absolute Gasteiger partial charge is 0.221 e. The second kappa shape index (κ2) is 9.01. The molecular formula is C15H21NO3. The van der Waals surface area contributed by atoms with E-state index >= 15 is 0 Å². The Balaban J connectivity index is 0.00000154. The lowest BCUT2D eigenvalue weighted by Gasteiger charge is -2.11. The van der Waals surface area contributed by atoms with E-state index < -0.39 is 0 Å². The van der Waals surface area contributed by atoms with Gasteiger partial charge >= 0.3 is 0 Å². The van der Waals surface area contributed by atoms with E-state index in [1.165, 1.54) is 14.0 Å². The summed E-state index contributed by atoms with van der Waals surface area (Å²) in [4.78, 5) is 11.1. The summed E-state index contributed by atoms with van der Waals surface area (Å²) < 4.78 is 5.13. The zero-order chi connectivity index (χ0) is 14.8. The molecule has 0 saturated carbocycles. The van der Waals surface area contributed by atoms with E-state index in [0.29, 0.717) is 22.6 Å². The highest BCUT2D eigenvalue weighted by atomic mass is 16.5. The number of methoxy groups -OCH3 is 1. The maximum Gasteiger partial charge on any atom is 0.221 e. The lowest BCUT2D eigenvalue weighted by atomic mass is 10.1. The van der Waals surface area contributed by atoms with Crippen molar-refractivity contribution in [3.8, 4) is 17.6 Å². The first-order valence-electron chi connectivity index (χ1n) is 6.14. The topological polar surface area (TPSA) is 58.6 Å². The van der Waals surface area contributed by atoms with Crippen LogP contribution in [0.15, 0.2) is 12.1 Å². The van der Waals surface area contributed by atoms with Crippen molar-refractivity contribution >= 4 is 11.6 Å². The maximum absolute atomic E-state index is 11.1. The number of rotatable bonds is 3. The Labute approximate surface area is 114 Å². The molecule has 0 aliphatic heterocycles. The minimum absolute atomic E-state index is 0.137. The number of hydrogen-bond acceptors (Lipinski definition) is 3. The van der Waals surface area contributed by atoms with Crippen LogP contribution in [0.2, 0.25) is 0 Å². The summed E-state index contributed by atoms with van der Waals surface area (Å²) >= 11 is 0. The fourth-order valence-corrected chi connectivity index (χ4v) is 1.47. The van der Waals surface area contributed by atoms with Crippen LogP contribution in [-0.2, 0) is 11.4 Å². The monoisotopic (exact) mass is 263 g/mol. The number of benzene rings is 1. The van der Waals surface area contributed by atoms with Crippen LogP contribution in [0.5, 0.6) is 5.75 Å². The van der Waals surface area contributed by atoms with Crippen molar-refractivity contribution in [3.05, 3.63) is 23.3 Å². The number of nitrogens with one attached hydrogen (secondary N) is 1. The molecule has 0 spiro atoms. The van der Waals surface area contributed by atoms with E-state index in [0.717, 1.165) is 0 Å². The van der Waals surface area contributed by atoms with Crippen LogP contribution >= 0.6 is 0 Å². The minimum atomic E-state index is -0.178.